The molecule has 0 radical (unpaired) electrons. The second-order valence-electron chi connectivity index (χ2n) is 15.7. The number of benzene rings is 2. The number of amides is 1. The minimum atomic E-state index is -2.11. The lowest BCUT2D eigenvalue weighted by molar-refractivity contribution is -0.360. The predicted molar refractivity (Wildman–Crippen MR) is 202 cm³/mol. The fourth-order valence-corrected chi connectivity index (χ4v) is 7.77. The van der Waals surface area contributed by atoms with Crippen LogP contribution in [0.2, 0.25) is 0 Å². The molecule has 4 aliphatic heterocycles. The Hall–Kier alpha value is -4.44. The lowest BCUT2D eigenvalue weighted by atomic mass is 9.97. The summed E-state index contributed by atoms with van der Waals surface area (Å²) in [7, 11) is 0. The van der Waals surface area contributed by atoms with E-state index in [1.807, 2.05) is 0 Å². The number of aromatic hydroxyl groups is 4. The molecule has 5 heterocycles. The van der Waals surface area contributed by atoms with E-state index < -0.39 is 168 Å². The summed E-state index contributed by atoms with van der Waals surface area (Å²) in [6.07, 6.45) is -26.7. The van der Waals surface area contributed by atoms with Gasteiger partial charge >= 0.3 is 0 Å². The Morgan fingerprint density at radius 2 is 1.34 bits per heavy atom. The molecule has 1 unspecified atom stereocenters. The van der Waals surface area contributed by atoms with Crippen molar-refractivity contribution in [2.75, 3.05) is 13.2 Å². The first-order chi connectivity index (χ1) is 29.3. The summed E-state index contributed by atoms with van der Waals surface area (Å²) in [5.74, 6) is -4.91. The average molecular weight is 884 g/mol. The molecule has 1 aromatic heterocycles. The monoisotopic (exact) mass is 883 g/mol. The maximum atomic E-state index is 14.7. The van der Waals surface area contributed by atoms with Gasteiger partial charge in [0.15, 0.2) is 41.5 Å². The molecule has 342 valence electrons. The van der Waals surface area contributed by atoms with E-state index in [1.165, 1.54) is 24.8 Å². The molecule has 0 spiro atoms. The van der Waals surface area contributed by atoms with Gasteiger partial charge in [-0.05, 0) is 44.9 Å². The topological polar surface area (TPSA) is 369 Å². The van der Waals surface area contributed by atoms with Crippen molar-refractivity contribution in [3.05, 3.63) is 40.1 Å². The van der Waals surface area contributed by atoms with Crippen molar-refractivity contribution in [2.24, 2.45) is 0 Å². The van der Waals surface area contributed by atoms with Crippen molar-refractivity contribution in [1.82, 2.24) is 4.90 Å². The number of hydrogen-bond acceptors (Lipinski definition) is 22. The van der Waals surface area contributed by atoms with Crippen LogP contribution >= 0.6 is 0 Å². The second kappa shape index (κ2) is 18.0. The lowest BCUT2D eigenvalue weighted by Crippen LogP contribution is -2.65. The highest BCUT2D eigenvalue weighted by atomic mass is 16.8. The maximum absolute atomic E-state index is 14.7. The standard InChI is InChI=1S/C39H49NO22/c1-12-23(46)27(50)30(53)37(57-12)56-11-21-25(48)29(52)35(62-38-31(54)28(51)24(47)13(2)58-38)39(59-21)61-34-26(49)22-20(45)9-18(43)15(10-40-7-3-4-17(42)36(40)55)33(22)60-32(34)14-5-6-16(41)19(44)8-14/h5-6,8-9,12-13,17,21,23-25,27-31,35,37-39,41-48,50-54H,3-4,7,10-11H2,1-2H3/t12-,13-,17?,21+,23-,24-,25-,27+,28+,29-,30+,31+,35+,37+,38-,39-/m0/s1. The molecule has 4 fully saturated rings. The lowest BCUT2D eigenvalue weighted by Gasteiger charge is -2.46. The van der Waals surface area contributed by atoms with Crippen LogP contribution in [0.5, 0.6) is 28.7 Å². The number of carbonyl (C=O) groups is 1. The molecule has 62 heavy (non-hydrogen) atoms. The molecule has 23 heteroatoms. The predicted octanol–water partition coefficient (Wildman–Crippen LogP) is -3.35. The number of likely N-dealkylation sites (tertiary alicyclic amines) is 1. The number of aliphatic hydroxyl groups excluding tert-OH is 9. The molecule has 4 saturated heterocycles. The molecular formula is C39H49NO22. The minimum absolute atomic E-state index is 0.142. The smallest absolute Gasteiger partial charge is 0.251 e. The number of phenolic OH excluding ortho intramolecular Hbond substituents is 4. The fraction of sp³-hybridized carbons (Fsp3) is 0.590. The Balaban J connectivity index is 1.32. The zero-order chi connectivity index (χ0) is 45.1. The molecule has 0 bridgehead atoms. The van der Waals surface area contributed by atoms with Gasteiger partial charge in [0.2, 0.25) is 17.5 Å². The summed E-state index contributed by atoms with van der Waals surface area (Å²) in [5, 5.41) is 138. The summed E-state index contributed by atoms with van der Waals surface area (Å²) in [5.41, 5.74) is -2.06. The van der Waals surface area contributed by atoms with Gasteiger partial charge in [0, 0.05) is 18.2 Å². The van der Waals surface area contributed by atoms with Crippen LogP contribution in [-0.2, 0) is 35.0 Å². The normalized spacial score (nSPS) is 36.8. The number of rotatable bonds is 10. The van der Waals surface area contributed by atoms with Gasteiger partial charge in [-0.3, -0.25) is 9.59 Å². The summed E-state index contributed by atoms with van der Waals surface area (Å²) < 4.78 is 40.8. The summed E-state index contributed by atoms with van der Waals surface area (Å²) in [4.78, 5) is 28.8. The molecule has 3 aromatic rings. The summed E-state index contributed by atoms with van der Waals surface area (Å²) in [6.45, 7) is 1.69. The highest BCUT2D eigenvalue weighted by Gasteiger charge is 2.52. The van der Waals surface area contributed by atoms with Crippen molar-refractivity contribution in [1.29, 1.82) is 0 Å². The van der Waals surface area contributed by atoms with Crippen LogP contribution in [0.25, 0.3) is 22.3 Å². The van der Waals surface area contributed by atoms with Gasteiger partial charge in [0.25, 0.3) is 5.91 Å². The summed E-state index contributed by atoms with van der Waals surface area (Å²) in [6, 6.07) is 3.94. The van der Waals surface area contributed by atoms with Crippen molar-refractivity contribution in [2.45, 2.75) is 131 Å². The van der Waals surface area contributed by atoms with Crippen LogP contribution in [-0.4, -0.2) is 189 Å². The number of fused-ring (bicyclic) bond motifs is 1. The molecule has 7 rings (SSSR count). The van der Waals surface area contributed by atoms with Crippen LogP contribution < -0.4 is 10.2 Å². The Labute approximate surface area is 350 Å². The number of phenols is 4. The Kier molecular flexibility index (Phi) is 13.2. The Bertz CT molecular complexity index is 2170. The first-order valence-corrected chi connectivity index (χ1v) is 19.7. The number of hydrogen-bond donors (Lipinski definition) is 13. The highest BCUT2D eigenvalue weighted by molar-refractivity contribution is 5.91. The van der Waals surface area contributed by atoms with Gasteiger partial charge in [0.1, 0.15) is 77.9 Å². The van der Waals surface area contributed by atoms with Gasteiger partial charge in [-0.25, -0.2) is 0 Å². The molecular weight excluding hydrogens is 834 g/mol. The van der Waals surface area contributed by atoms with E-state index in [9.17, 15) is 76.0 Å². The molecule has 16 atom stereocenters. The summed E-state index contributed by atoms with van der Waals surface area (Å²) >= 11 is 0. The van der Waals surface area contributed by atoms with E-state index >= 15 is 0 Å². The third kappa shape index (κ3) is 8.49. The molecule has 4 aliphatic rings. The third-order valence-corrected chi connectivity index (χ3v) is 11.5. The molecule has 0 saturated carbocycles. The Morgan fingerprint density at radius 1 is 0.694 bits per heavy atom. The van der Waals surface area contributed by atoms with Crippen LogP contribution in [0, 0.1) is 0 Å². The third-order valence-electron chi connectivity index (χ3n) is 11.5. The van der Waals surface area contributed by atoms with Gasteiger partial charge in [-0.2, -0.15) is 0 Å². The van der Waals surface area contributed by atoms with Crippen LogP contribution in [0.1, 0.15) is 32.3 Å². The molecule has 1 amide bonds. The van der Waals surface area contributed by atoms with E-state index in [2.05, 4.69) is 0 Å². The average Bonchev–Trinajstić information content (AvgIpc) is 3.23. The number of nitrogens with zero attached hydrogens (tertiary/aromatic N) is 1. The minimum Gasteiger partial charge on any atom is -0.507 e. The van der Waals surface area contributed by atoms with E-state index in [1.54, 1.807) is 0 Å². The first-order valence-electron chi connectivity index (χ1n) is 19.7. The Morgan fingerprint density at radius 3 is 2.00 bits per heavy atom. The van der Waals surface area contributed by atoms with E-state index in [4.69, 9.17) is 32.8 Å². The quantitative estimate of drug-likeness (QED) is 0.0885. The SMILES string of the molecule is C[C@@H]1O[C@@H](OC[C@H]2O[C@@H](Oc3c(-c4ccc(O)c(O)c4)oc4c(CN5CCCC(O)C5=O)c(O)cc(O)c4c3=O)[C@H](O[C@@H]3O[C@@H](C)[C@H](O)[C@@H](O)[C@H]3O)[C@@H](O)[C@H]2O)[C@H](O)[C@H](O)[C@H]1O. The van der Waals surface area contributed by atoms with Crippen molar-refractivity contribution < 1.29 is 104 Å². The maximum Gasteiger partial charge on any atom is 0.251 e. The molecule has 23 nitrogen and oxygen atoms in total. The van der Waals surface area contributed by atoms with Crippen molar-refractivity contribution in [3.63, 3.8) is 0 Å². The van der Waals surface area contributed by atoms with Gasteiger partial charge in [-0.1, -0.05) is 0 Å². The van der Waals surface area contributed by atoms with Crippen LogP contribution in [0.15, 0.2) is 33.5 Å². The molecule has 2 aromatic carbocycles. The van der Waals surface area contributed by atoms with Crippen molar-refractivity contribution >= 4 is 16.9 Å². The van der Waals surface area contributed by atoms with Gasteiger partial charge in [-0.15, -0.1) is 0 Å². The fourth-order valence-electron chi connectivity index (χ4n) is 7.77. The number of aliphatic hydroxyl groups is 9. The van der Waals surface area contributed by atoms with Gasteiger partial charge in [0.05, 0.1) is 30.9 Å². The first kappa shape index (κ1) is 45.6. The van der Waals surface area contributed by atoms with E-state index in [0.29, 0.717) is 6.42 Å². The van der Waals surface area contributed by atoms with E-state index in [0.717, 1.165) is 18.2 Å². The zero-order valence-electron chi connectivity index (χ0n) is 33.0. The van der Waals surface area contributed by atoms with Gasteiger partial charge < -0.3 is 104 Å². The van der Waals surface area contributed by atoms with E-state index in [-0.39, 0.29) is 24.1 Å². The number of piperidine rings is 1. The molecule has 13 N–H and O–H groups in total. The van der Waals surface area contributed by atoms with Crippen LogP contribution in [0.3, 0.4) is 0 Å². The second-order valence-corrected chi connectivity index (χ2v) is 15.7. The number of ether oxygens (including phenoxy) is 6. The largest absolute Gasteiger partial charge is 0.507 e. The molecule has 0 aliphatic carbocycles. The van der Waals surface area contributed by atoms with Crippen molar-refractivity contribution in [3.8, 4) is 40.1 Å². The van der Waals surface area contributed by atoms with Crippen LogP contribution in [0.4, 0.5) is 0 Å². The zero-order valence-corrected chi connectivity index (χ0v) is 33.0. The highest BCUT2D eigenvalue weighted by Crippen LogP contribution is 2.42. The number of carbonyl (C=O) groups excluding carboxylic acids is 1.